The van der Waals surface area contributed by atoms with Crippen LogP contribution in [0.4, 0.5) is 10.1 Å². The molecule has 132 valence electrons. The van der Waals surface area contributed by atoms with Gasteiger partial charge in [0.25, 0.3) is 0 Å². The predicted molar refractivity (Wildman–Crippen MR) is 94.7 cm³/mol. The van der Waals surface area contributed by atoms with Crippen LogP contribution in [0.3, 0.4) is 0 Å². The van der Waals surface area contributed by atoms with Gasteiger partial charge in [0.15, 0.2) is 5.96 Å². The summed E-state index contributed by atoms with van der Waals surface area (Å²) in [5.41, 5.74) is 0.439. The molecule has 0 bridgehead atoms. The van der Waals surface area contributed by atoms with Gasteiger partial charge in [-0.3, -0.25) is 14.7 Å². The van der Waals surface area contributed by atoms with Gasteiger partial charge in [-0.1, -0.05) is 13.0 Å². The number of hydrogen-bond acceptors (Lipinski definition) is 3. The first-order chi connectivity index (χ1) is 11.6. The molecule has 1 fully saturated rings. The van der Waals surface area contributed by atoms with E-state index >= 15 is 0 Å². The molecule has 0 radical (unpaired) electrons. The zero-order valence-corrected chi connectivity index (χ0v) is 14.3. The second-order valence-corrected chi connectivity index (χ2v) is 5.79. The molecule has 0 aliphatic carbocycles. The zero-order chi connectivity index (χ0) is 17.4. The Hall–Kier alpha value is -2.15. The second-order valence-electron chi connectivity index (χ2n) is 5.79. The van der Waals surface area contributed by atoms with E-state index in [9.17, 15) is 9.18 Å². The molecule has 1 heterocycles. The van der Waals surface area contributed by atoms with E-state index in [4.69, 9.17) is 0 Å². The number of anilines is 1. The first kappa shape index (κ1) is 18.2. The summed E-state index contributed by atoms with van der Waals surface area (Å²) in [6.07, 6.45) is 2.40. The number of amides is 1. The Kier molecular flexibility index (Phi) is 6.99. The van der Waals surface area contributed by atoms with Gasteiger partial charge in [-0.15, -0.1) is 0 Å². The third-order valence-corrected chi connectivity index (χ3v) is 4.16. The van der Waals surface area contributed by atoms with Crippen molar-refractivity contribution in [3.05, 3.63) is 30.1 Å². The maximum atomic E-state index is 13.1. The molecule has 0 aromatic heterocycles. The lowest BCUT2D eigenvalue weighted by Crippen LogP contribution is -2.46. The topological polar surface area (TPSA) is 68.8 Å². The fourth-order valence-electron chi connectivity index (χ4n) is 2.91. The van der Waals surface area contributed by atoms with Crippen molar-refractivity contribution in [1.82, 2.24) is 15.5 Å². The number of nitrogens with one attached hydrogen (secondary N) is 3. The van der Waals surface area contributed by atoms with Gasteiger partial charge in [0.2, 0.25) is 5.91 Å². The van der Waals surface area contributed by atoms with Crippen molar-refractivity contribution in [3.8, 4) is 0 Å². The van der Waals surface area contributed by atoms with E-state index in [1.807, 2.05) is 0 Å². The van der Waals surface area contributed by atoms with Gasteiger partial charge in [0.05, 0.1) is 6.54 Å². The number of aliphatic imine (C=N–C) groups is 1. The first-order valence-electron chi connectivity index (χ1n) is 8.36. The largest absolute Gasteiger partial charge is 0.355 e. The fraction of sp³-hybridized carbons (Fsp3) is 0.529. The first-order valence-corrected chi connectivity index (χ1v) is 8.36. The summed E-state index contributed by atoms with van der Waals surface area (Å²) >= 11 is 0. The standard InChI is InChI=1S/C17H26FN5O/c1-3-23-9-5-8-15(23)11-20-17(19-2)21-12-16(24)22-14-7-4-6-13(18)10-14/h4,6-7,10,15H,3,5,8-9,11-12H2,1-2H3,(H,22,24)(H2,19,20,21). The maximum absolute atomic E-state index is 13.1. The molecule has 1 aromatic rings. The summed E-state index contributed by atoms with van der Waals surface area (Å²) in [5, 5.41) is 8.88. The maximum Gasteiger partial charge on any atom is 0.243 e. The molecule has 1 aliphatic heterocycles. The quantitative estimate of drug-likeness (QED) is 0.543. The predicted octanol–water partition coefficient (Wildman–Crippen LogP) is 1.41. The Morgan fingerprint density at radius 2 is 2.25 bits per heavy atom. The van der Waals surface area contributed by atoms with Gasteiger partial charge >= 0.3 is 0 Å². The van der Waals surface area contributed by atoms with Crippen LogP contribution in [0.15, 0.2) is 29.3 Å². The van der Waals surface area contributed by atoms with Crippen molar-refractivity contribution >= 4 is 17.6 Å². The van der Waals surface area contributed by atoms with Crippen LogP contribution >= 0.6 is 0 Å². The van der Waals surface area contributed by atoms with E-state index in [1.165, 1.54) is 25.0 Å². The highest BCUT2D eigenvalue weighted by atomic mass is 19.1. The summed E-state index contributed by atoms with van der Waals surface area (Å²) in [6, 6.07) is 6.33. The molecule has 2 rings (SSSR count). The van der Waals surface area contributed by atoms with E-state index in [0.717, 1.165) is 19.6 Å². The molecule has 0 saturated carbocycles. The number of hydrogen-bond donors (Lipinski definition) is 3. The summed E-state index contributed by atoms with van der Waals surface area (Å²) in [4.78, 5) is 18.5. The van der Waals surface area contributed by atoms with Crippen molar-refractivity contribution in [2.75, 3.05) is 38.5 Å². The van der Waals surface area contributed by atoms with Gasteiger partial charge < -0.3 is 16.0 Å². The number of nitrogens with zero attached hydrogens (tertiary/aromatic N) is 2. The third kappa shape index (κ3) is 5.49. The summed E-state index contributed by atoms with van der Waals surface area (Å²) in [5.74, 6) is -0.0396. The van der Waals surface area contributed by atoms with E-state index in [2.05, 4.69) is 32.8 Å². The number of carbonyl (C=O) groups is 1. The molecule has 1 amide bonds. The molecule has 24 heavy (non-hydrogen) atoms. The smallest absolute Gasteiger partial charge is 0.243 e. The molecule has 7 heteroatoms. The van der Waals surface area contributed by atoms with Gasteiger partial charge in [-0.05, 0) is 44.1 Å². The van der Waals surface area contributed by atoms with E-state index in [1.54, 1.807) is 19.2 Å². The normalized spacial score (nSPS) is 18.5. The lowest BCUT2D eigenvalue weighted by atomic mass is 10.2. The number of rotatable bonds is 6. The number of likely N-dealkylation sites (N-methyl/N-ethyl adjacent to an activating group) is 1. The number of benzene rings is 1. The van der Waals surface area contributed by atoms with Crippen molar-refractivity contribution in [3.63, 3.8) is 0 Å². The van der Waals surface area contributed by atoms with E-state index in [-0.39, 0.29) is 18.3 Å². The summed E-state index contributed by atoms with van der Waals surface area (Å²) in [7, 11) is 1.67. The Morgan fingerprint density at radius 1 is 1.42 bits per heavy atom. The van der Waals surface area contributed by atoms with Crippen LogP contribution in [0.2, 0.25) is 0 Å². The molecule has 1 atom stereocenters. The van der Waals surface area contributed by atoms with Crippen molar-refractivity contribution in [2.24, 2.45) is 4.99 Å². The SMILES string of the molecule is CCN1CCCC1CNC(=NC)NCC(=O)Nc1cccc(F)c1. The van der Waals surface area contributed by atoms with Crippen LogP contribution in [0.5, 0.6) is 0 Å². The van der Waals surface area contributed by atoms with Crippen molar-refractivity contribution in [1.29, 1.82) is 0 Å². The lowest BCUT2D eigenvalue weighted by molar-refractivity contribution is -0.115. The molecule has 1 saturated heterocycles. The average molecular weight is 335 g/mol. The Morgan fingerprint density at radius 3 is 2.96 bits per heavy atom. The summed E-state index contributed by atoms with van der Waals surface area (Å²) in [6.45, 7) is 5.23. The van der Waals surface area contributed by atoms with Crippen LogP contribution < -0.4 is 16.0 Å². The minimum Gasteiger partial charge on any atom is -0.355 e. The second kappa shape index (κ2) is 9.22. The van der Waals surface area contributed by atoms with Crippen LogP contribution in [0.25, 0.3) is 0 Å². The van der Waals surface area contributed by atoms with Crippen LogP contribution in [0, 0.1) is 5.82 Å². The zero-order valence-electron chi connectivity index (χ0n) is 14.3. The molecular weight excluding hydrogens is 309 g/mol. The highest BCUT2D eigenvalue weighted by Gasteiger charge is 2.22. The highest BCUT2D eigenvalue weighted by molar-refractivity contribution is 5.94. The minimum atomic E-state index is -0.379. The summed E-state index contributed by atoms with van der Waals surface area (Å²) < 4.78 is 13.1. The molecule has 1 aromatic carbocycles. The molecule has 1 unspecified atom stereocenters. The number of likely N-dealkylation sites (tertiary alicyclic amines) is 1. The molecule has 3 N–H and O–H groups in total. The number of guanidine groups is 1. The lowest BCUT2D eigenvalue weighted by Gasteiger charge is -2.23. The minimum absolute atomic E-state index is 0.0678. The Balaban J connectivity index is 1.73. The van der Waals surface area contributed by atoms with Gasteiger partial charge in [0, 0.05) is 25.3 Å². The monoisotopic (exact) mass is 335 g/mol. The van der Waals surface area contributed by atoms with Crippen LogP contribution in [-0.2, 0) is 4.79 Å². The molecule has 6 nitrogen and oxygen atoms in total. The van der Waals surface area contributed by atoms with Crippen LogP contribution in [-0.4, -0.2) is 56.0 Å². The fourth-order valence-corrected chi connectivity index (χ4v) is 2.91. The molecule has 0 spiro atoms. The number of carbonyl (C=O) groups excluding carboxylic acids is 1. The van der Waals surface area contributed by atoms with Gasteiger partial charge in [-0.2, -0.15) is 0 Å². The number of halogens is 1. The average Bonchev–Trinajstić information content (AvgIpc) is 3.02. The third-order valence-electron chi connectivity index (χ3n) is 4.16. The van der Waals surface area contributed by atoms with E-state index < -0.39 is 0 Å². The van der Waals surface area contributed by atoms with E-state index in [0.29, 0.717) is 17.7 Å². The van der Waals surface area contributed by atoms with Gasteiger partial charge in [0.1, 0.15) is 5.82 Å². The highest BCUT2D eigenvalue weighted by Crippen LogP contribution is 2.15. The van der Waals surface area contributed by atoms with Gasteiger partial charge in [-0.25, -0.2) is 4.39 Å². The Labute approximate surface area is 142 Å². The van der Waals surface area contributed by atoms with Crippen molar-refractivity contribution < 1.29 is 9.18 Å². The molecular formula is C17H26FN5O. The Bertz CT molecular complexity index is 578. The van der Waals surface area contributed by atoms with Crippen LogP contribution in [0.1, 0.15) is 19.8 Å². The van der Waals surface area contributed by atoms with Crippen molar-refractivity contribution in [2.45, 2.75) is 25.8 Å². The molecule has 1 aliphatic rings.